The Labute approximate surface area is 137 Å². The van der Waals surface area contributed by atoms with Crippen molar-refractivity contribution in [3.05, 3.63) is 54.1 Å². The van der Waals surface area contributed by atoms with Crippen LogP contribution in [0.15, 0.2) is 58.3 Å². The topological polar surface area (TPSA) is 77.5 Å². The molecule has 0 aromatic heterocycles. The van der Waals surface area contributed by atoms with E-state index in [0.29, 0.717) is 0 Å². The number of hydrogen-bond donors (Lipinski definition) is 0. The van der Waals surface area contributed by atoms with Gasteiger partial charge < -0.3 is 4.18 Å². The molecule has 0 saturated heterocycles. The zero-order valence-corrected chi connectivity index (χ0v) is 14.7. The summed E-state index contributed by atoms with van der Waals surface area (Å²) >= 11 is 0. The fourth-order valence-corrected chi connectivity index (χ4v) is 3.51. The molecule has 0 fully saturated rings. The van der Waals surface area contributed by atoms with Crippen LogP contribution in [0.25, 0.3) is 0 Å². The van der Waals surface area contributed by atoms with Crippen molar-refractivity contribution in [1.82, 2.24) is 0 Å². The Bertz CT molecular complexity index is 896. The van der Waals surface area contributed by atoms with Crippen molar-refractivity contribution in [3.63, 3.8) is 0 Å². The lowest BCUT2D eigenvalue weighted by atomic mass is 10.0. The van der Waals surface area contributed by atoms with Crippen molar-refractivity contribution in [3.8, 4) is 5.75 Å². The molecule has 0 unspecified atom stereocenters. The molecule has 0 radical (unpaired) electrons. The van der Waals surface area contributed by atoms with Crippen molar-refractivity contribution < 1.29 is 21.0 Å². The number of hydrogen-bond acceptors (Lipinski definition) is 5. The molecule has 0 saturated carbocycles. The maximum absolute atomic E-state index is 12.3. The fourth-order valence-electron chi connectivity index (χ4n) is 1.95. The molecule has 7 heteroatoms. The minimum absolute atomic E-state index is 0.0539. The molecule has 0 atom stereocenters. The highest BCUT2D eigenvalue weighted by molar-refractivity contribution is 7.90. The molecular weight excluding hydrogens is 336 g/mol. The Morgan fingerprint density at radius 1 is 0.870 bits per heavy atom. The van der Waals surface area contributed by atoms with Crippen LogP contribution in [0.5, 0.6) is 5.75 Å². The summed E-state index contributed by atoms with van der Waals surface area (Å²) in [7, 11) is -7.39. The van der Waals surface area contributed by atoms with Crippen molar-refractivity contribution in [2.75, 3.05) is 6.26 Å². The SMILES string of the molecule is CC(C)c1cccc(OS(=O)(=O)c2ccc(S(C)(=O)=O)cc2)c1. The molecule has 2 aromatic carbocycles. The minimum atomic E-state index is -4.01. The molecule has 2 rings (SSSR count). The maximum atomic E-state index is 12.3. The van der Waals surface area contributed by atoms with Crippen LogP contribution in [-0.2, 0) is 20.0 Å². The molecule has 0 aliphatic heterocycles. The van der Waals surface area contributed by atoms with Crippen molar-refractivity contribution in [2.24, 2.45) is 0 Å². The molecule has 124 valence electrons. The summed E-state index contributed by atoms with van der Waals surface area (Å²) < 4.78 is 52.5. The van der Waals surface area contributed by atoms with Crippen LogP contribution in [0.1, 0.15) is 25.3 Å². The van der Waals surface area contributed by atoms with Crippen LogP contribution in [-0.4, -0.2) is 23.1 Å². The summed E-state index contributed by atoms with van der Waals surface area (Å²) in [5, 5.41) is 0. The lowest BCUT2D eigenvalue weighted by Crippen LogP contribution is -2.10. The predicted octanol–water partition coefficient (Wildman–Crippen LogP) is 2.98. The Hall–Kier alpha value is -1.86. The van der Waals surface area contributed by atoms with Gasteiger partial charge in [-0.1, -0.05) is 26.0 Å². The highest BCUT2D eigenvalue weighted by atomic mass is 32.2. The second-order valence-electron chi connectivity index (χ2n) is 5.51. The predicted molar refractivity (Wildman–Crippen MR) is 87.9 cm³/mol. The van der Waals surface area contributed by atoms with Crippen molar-refractivity contribution in [1.29, 1.82) is 0 Å². The van der Waals surface area contributed by atoms with E-state index in [-0.39, 0.29) is 21.5 Å². The second kappa shape index (κ2) is 6.33. The van der Waals surface area contributed by atoms with Gasteiger partial charge in [-0.05, 0) is 47.9 Å². The van der Waals surface area contributed by atoms with Gasteiger partial charge >= 0.3 is 10.1 Å². The number of rotatable bonds is 5. The summed E-state index contributed by atoms with van der Waals surface area (Å²) in [6, 6.07) is 11.8. The normalized spacial score (nSPS) is 12.3. The average molecular weight is 354 g/mol. The summed E-state index contributed by atoms with van der Waals surface area (Å²) in [5.41, 5.74) is 0.963. The third-order valence-corrected chi connectivity index (χ3v) is 5.66. The second-order valence-corrected chi connectivity index (χ2v) is 9.07. The van der Waals surface area contributed by atoms with Crippen molar-refractivity contribution >= 4 is 20.0 Å². The summed E-state index contributed by atoms with van der Waals surface area (Å²) in [4.78, 5) is -0.0434. The zero-order valence-electron chi connectivity index (χ0n) is 13.1. The third-order valence-electron chi connectivity index (χ3n) is 3.27. The van der Waals surface area contributed by atoms with E-state index >= 15 is 0 Å². The molecule has 0 aliphatic carbocycles. The number of sulfone groups is 1. The maximum Gasteiger partial charge on any atom is 0.339 e. The van der Waals surface area contributed by atoms with Gasteiger partial charge in [0.05, 0.1) is 4.90 Å². The molecule has 0 spiro atoms. The van der Waals surface area contributed by atoms with Gasteiger partial charge in [-0.25, -0.2) is 8.42 Å². The molecule has 0 heterocycles. The standard InChI is InChI=1S/C16H18O5S2/c1-12(2)13-5-4-6-14(11-13)21-23(19,20)16-9-7-15(8-10-16)22(3,17)18/h4-12H,1-3H3. The van der Waals surface area contributed by atoms with Gasteiger partial charge in [0, 0.05) is 6.26 Å². The van der Waals surface area contributed by atoms with Gasteiger partial charge in [-0.15, -0.1) is 0 Å². The first-order valence-electron chi connectivity index (χ1n) is 6.94. The molecule has 23 heavy (non-hydrogen) atoms. The van der Waals surface area contributed by atoms with Crippen LogP contribution in [0.4, 0.5) is 0 Å². The first-order valence-corrected chi connectivity index (χ1v) is 10.2. The fraction of sp³-hybridized carbons (Fsp3) is 0.250. The molecule has 0 bridgehead atoms. The molecule has 2 aromatic rings. The van der Waals surface area contributed by atoms with Gasteiger partial charge in [0.15, 0.2) is 9.84 Å². The Morgan fingerprint density at radius 3 is 1.96 bits per heavy atom. The van der Waals surface area contributed by atoms with Gasteiger partial charge in [0.2, 0.25) is 0 Å². The van der Waals surface area contributed by atoms with Gasteiger partial charge in [-0.2, -0.15) is 8.42 Å². The minimum Gasteiger partial charge on any atom is -0.379 e. The van der Waals surface area contributed by atoms with Crippen molar-refractivity contribution in [2.45, 2.75) is 29.6 Å². The van der Waals surface area contributed by atoms with Crippen LogP contribution in [0, 0.1) is 0 Å². The van der Waals surface area contributed by atoms with E-state index < -0.39 is 20.0 Å². The van der Waals surface area contributed by atoms with E-state index in [0.717, 1.165) is 11.8 Å². The Morgan fingerprint density at radius 2 is 1.43 bits per heavy atom. The van der Waals surface area contributed by atoms with E-state index in [1.807, 2.05) is 19.9 Å². The van der Waals surface area contributed by atoms with Gasteiger partial charge in [0.1, 0.15) is 10.6 Å². The van der Waals surface area contributed by atoms with Crippen LogP contribution >= 0.6 is 0 Å². The average Bonchev–Trinajstić information content (AvgIpc) is 2.46. The van der Waals surface area contributed by atoms with E-state index in [4.69, 9.17) is 4.18 Å². The summed E-state index contributed by atoms with van der Waals surface area (Å²) in [6.45, 7) is 4.00. The highest BCUT2D eigenvalue weighted by Gasteiger charge is 2.18. The van der Waals surface area contributed by atoms with E-state index in [1.54, 1.807) is 18.2 Å². The van der Waals surface area contributed by atoms with E-state index in [1.165, 1.54) is 24.3 Å². The molecule has 5 nitrogen and oxygen atoms in total. The number of benzene rings is 2. The smallest absolute Gasteiger partial charge is 0.339 e. The van der Waals surface area contributed by atoms with Crippen LogP contribution in [0.2, 0.25) is 0 Å². The highest BCUT2D eigenvalue weighted by Crippen LogP contribution is 2.24. The molecular formula is C16H18O5S2. The molecule has 0 aliphatic rings. The van der Waals surface area contributed by atoms with Gasteiger partial charge in [0.25, 0.3) is 0 Å². The zero-order chi connectivity index (χ0) is 17.3. The summed E-state index contributed by atoms with van der Waals surface area (Å²) in [5.74, 6) is 0.471. The Balaban J connectivity index is 2.30. The van der Waals surface area contributed by atoms with E-state index in [2.05, 4.69) is 0 Å². The lowest BCUT2D eigenvalue weighted by Gasteiger charge is -2.10. The molecule has 0 N–H and O–H groups in total. The monoisotopic (exact) mass is 354 g/mol. The summed E-state index contributed by atoms with van der Waals surface area (Å²) in [6.07, 6.45) is 1.06. The van der Waals surface area contributed by atoms with Crippen LogP contribution < -0.4 is 4.18 Å². The molecule has 0 amide bonds. The lowest BCUT2D eigenvalue weighted by molar-refractivity contribution is 0.485. The third kappa shape index (κ3) is 4.33. The van der Waals surface area contributed by atoms with Gasteiger partial charge in [-0.3, -0.25) is 0 Å². The Kier molecular flexibility index (Phi) is 4.81. The van der Waals surface area contributed by atoms with E-state index in [9.17, 15) is 16.8 Å². The first kappa shape index (κ1) is 17.5. The van der Waals surface area contributed by atoms with Crippen LogP contribution in [0.3, 0.4) is 0 Å². The quantitative estimate of drug-likeness (QED) is 0.772. The first-order chi connectivity index (χ1) is 10.6. The largest absolute Gasteiger partial charge is 0.379 e.